The molecule has 0 aromatic heterocycles. The summed E-state index contributed by atoms with van der Waals surface area (Å²) in [6.45, 7) is 1.85. The average molecular weight is 650 g/mol. The summed E-state index contributed by atoms with van der Waals surface area (Å²) in [7, 11) is -5.56. The summed E-state index contributed by atoms with van der Waals surface area (Å²) in [4.78, 5) is 0. The number of hydrogen-bond donors (Lipinski definition) is 3. The lowest BCUT2D eigenvalue weighted by Crippen LogP contribution is -2.42. The molecule has 1 aliphatic heterocycles. The fourth-order valence-corrected chi connectivity index (χ4v) is 7.34. The first kappa shape index (κ1) is 32.0. The summed E-state index contributed by atoms with van der Waals surface area (Å²) < 4.78 is 134. The molecule has 0 fully saturated rings. The molecule has 44 heavy (non-hydrogen) atoms. The van der Waals surface area contributed by atoms with Gasteiger partial charge in [0.2, 0.25) is 10.0 Å². The van der Waals surface area contributed by atoms with Crippen LogP contribution in [0.5, 0.6) is 0 Å². The molecule has 0 saturated carbocycles. The molecule has 0 radical (unpaired) electrons. The van der Waals surface area contributed by atoms with Crippen molar-refractivity contribution in [3.63, 3.8) is 0 Å². The number of hydrazine groups is 1. The summed E-state index contributed by atoms with van der Waals surface area (Å²) >= 11 is 0. The number of benzene rings is 2. The molecular formula is C29H27F8N3O3S. The van der Waals surface area contributed by atoms with Crippen LogP contribution in [-0.4, -0.2) is 37.2 Å². The Morgan fingerprint density at radius 3 is 2.41 bits per heavy atom. The Kier molecular flexibility index (Phi) is 8.12. The number of anilines is 1. The number of fused-ring (bicyclic) bond motifs is 1. The average Bonchev–Trinajstić information content (AvgIpc) is 3.47. The molecule has 0 spiro atoms. The Balaban J connectivity index is 1.43. The molecule has 3 aliphatic rings. The zero-order valence-corrected chi connectivity index (χ0v) is 23.8. The molecule has 2 aliphatic carbocycles. The Morgan fingerprint density at radius 2 is 1.77 bits per heavy atom. The van der Waals surface area contributed by atoms with Gasteiger partial charge in [-0.15, -0.1) is 0 Å². The van der Waals surface area contributed by atoms with Crippen LogP contribution in [0, 0.1) is 17.6 Å². The fourth-order valence-electron chi connectivity index (χ4n) is 6.22. The van der Waals surface area contributed by atoms with E-state index in [2.05, 4.69) is 5.43 Å². The third-order valence-electron chi connectivity index (χ3n) is 8.05. The Labute approximate surface area is 247 Å². The number of aliphatic hydroxyl groups is 1. The van der Waals surface area contributed by atoms with Gasteiger partial charge in [0.25, 0.3) is 0 Å². The second-order valence-electron chi connectivity index (χ2n) is 11.0. The van der Waals surface area contributed by atoms with E-state index in [0.717, 1.165) is 33.7 Å². The van der Waals surface area contributed by atoms with Gasteiger partial charge >= 0.3 is 12.4 Å². The number of sulfonamides is 1. The topological polar surface area (TPSA) is 81.7 Å². The van der Waals surface area contributed by atoms with E-state index >= 15 is 0 Å². The van der Waals surface area contributed by atoms with E-state index in [1.165, 1.54) is 12.1 Å². The van der Waals surface area contributed by atoms with Gasteiger partial charge in [0.15, 0.2) is 5.75 Å². The van der Waals surface area contributed by atoms with Crippen LogP contribution in [0.25, 0.3) is 0 Å². The number of allylic oxidation sites excluding steroid dienone is 3. The van der Waals surface area contributed by atoms with E-state index in [1.807, 2.05) is 13.0 Å². The highest BCUT2D eigenvalue weighted by atomic mass is 32.2. The van der Waals surface area contributed by atoms with Crippen LogP contribution >= 0.6 is 0 Å². The van der Waals surface area contributed by atoms with Gasteiger partial charge in [-0.25, -0.2) is 17.2 Å². The monoisotopic (exact) mass is 649 g/mol. The second-order valence-corrected chi connectivity index (χ2v) is 12.8. The normalized spacial score (nSPS) is 22.8. The highest BCUT2D eigenvalue weighted by Gasteiger charge is 2.49. The van der Waals surface area contributed by atoms with Crippen molar-refractivity contribution in [2.24, 2.45) is 5.92 Å². The highest BCUT2D eigenvalue weighted by molar-refractivity contribution is 7.89. The number of halogens is 8. The maximum absolute atomic E-state index is 14.9. The van der Waals surface area contributed by atoms with Crippen molar-refractivity contribution >= 4 is 15.7 Å². The van der Waals surface area contributed by atoms with Crippen molar-refractivity contribution in [1.82, 2.24) is 10.1 Å². The first-order chi connectivity index (χ1) is 20.4. The Morgan fingerprint density at radius 1 is 1.09 bits per heavy atom. The number of alkyl halides is 6. The zero-order chi connectivity index (χ0) is 32.2. The van der Waals surface area contributed by atoms with Gasteiger partial charge in [-0.3, -0.25) is 5.01 Å². The van der Waals surface area contributed by atoms with Gasteiger partial charge in [0, 0.05) is 23.3 Å². The molecule has 1 heterocycles. The fraction of sp³-hybridized carbons (Fsp3) is 0.379. The molecule has 0 saturated heterocycles. The van der Waals surface area contributed by atoms with Crippen molar-refractivity contribution in [2.75, 3.05) is 10.8 Å². The molecule has 0 bridgehead atoms. The lowest BCUT2D eigenvalue weighted by atomic mass is 9.76. The SMILES string of the molecule is C[C@H]1C2=CNN(c3ccc(F)cc3)C2=CC2=C1[C@](O)(CCc1cccc(F)c1[C@@H](NS(=O)(=O)CC(F)(F)F)C(F)(F)F)CC2. The predicted molar refractivity (Wildman–Crippen MR) is 145 cm³/mol. The van der Waals surface area contributed by atoms with Gasteiger partial charge in [-0.05, 0) is 78.8 Å². The van der Waals surface area contributed by atoms with Crippen molar-refractivity contribution < 1.29 is 48.6 Å². The predicted octanol–water partition coefficient (Wildman–Crippen LogP) is 6.25. The third kappa shape index (κ3) is 6.35. The molecule has 15 heteroatoms. The van der Waals surface area contributed by atoms with Crippen LogP contribution in [0.4, 0.5) is 40.8 Å². The molecule has 0 amide bonds. The molecule has 0 unspecified atom stereocenters. The van der Waals surface area contributed by atoms with Crippen LogP contribution in [0.15, 0.2) is 77.2 Å². The summed E-state index contributed by atoms with van der Waals surface area (Å²) in [6.07, 6.45) is -7.10. The third-order valence-corrected chi connectivity index (χ3v) is 9.36. The van der Waals surface area contributed by atoms with Gasteiger partial charge in [0.1, 0.15) is 17.7 Å². The number of nitrogens with zero attached hydrogens (tertiary/aromatic N) is 1. The van der Waals surface area contributed by atoms with Crippen molar-refractivity contribution in [2.45, 2.75) is 56.6 Å². The van der Waals surface area contributed by atoms with Gasteiger partial charge in [-0.2, -0.15) is 31.1 Å². The lowest BCUT2D eigenvalue weighted by molar-refractivity contribution is -0.154. The van der Waals surface area contributed by atoms with Gasteiger partial charge in [-0.1, -0.05) is 19.1 Å². The van der Waals surface area contributed by atoms with Crippen molar-refractivity contribution in [3.8, 4) is 0 Å². The number of nitrogens with one attached hydrogen (secondary N) is 2. The maximum Gasteiger partial charge on any atom is 0.408 e. The van der Waals surface area contributed by atoms with Crippen molar-refractivity contribution in [3.05, 3.63) is 99.9 Å². The highest BCUT2D eigenvalue weighted by Crippen LogP contribution is 2.51. The van der Waals surface area contributed by atoms with Crippen molar-refractivity contribution in [1.29, 1.82) is 0 Å². The maximum atomic E-state index is 14.9. The largest absolute Gasteiger partial charge is 0.408 e. The van der Waals surface area contributed by atoms with Gasteiger partial charge in [0.05, 0.1) is 17.0 Å². The van der Waals surface area contributed by atoms with E-state index in [1.54, 1.807) is 23.3 Å². The molecule has 3 N–H and O–H groups in total. The first-order valence-electron chi connectivity index (χ1n) is 13.5. The lowest BCUT2D eigenvalue weighted by Gasteiger charge is -2.35. The standard InChI is InChI=1S/C29H27F8N3O3S/c1-16-21-14-38-40(20-7-5-19(30)6-8-20)23(21)13-18-10-12-27(41,25(16)18)11-9-17-3-2-4-22(31)24(17)26(29(35,36)37)39-44(42,43)15-28(32,33)34/h2-8,13-14,16,26,38-39,41H,9-12,15H2,1H3/t16-,26+,27-/m0/s1. The number of aryl methyl sites for hydroxylation is 1. The molecule has 238 valence electrons. The van der Waals surface area contributed by atoms with E-state index in [4.69, 9.17) is 0 Å². The minimum Gasteiger partial charge on any atom is -0.385 e. The molecule has 2 aromatic rings. The van der Waals surface area contributed by atoms with Crippen LogP contribution < -0.4 is 15.2 Å². The number of hydrogen-bond acceptors (Lipinski definition) is 5. The van der Waals surface area contributed by atoms with E-state index in [0.29, 0.717) is 23.7 Å². The van der Waals surface area contributed by atoms with Crippen LogP contribution in [0.1, 0.15) is 43.4 Å². The summed E-state index contributed by atoms with van der Waals surface area (Å²) in [5.41, 5.74) is 3.80. The van der Waals surface area contributed by atoms with Gasteiger partial charge < -0.3 is 10.5 Å². The summed E-state index contributed by atoms with van der Waals surface area (Å²) in [5.74, 6) is -4.79. The van der Waals surface area contributed by atoms with E-state index in [9.17, 15) is 48.6 Å². The molecule has 6 nitrogen and oxygen atoms in total. The van der Waals surface area contributed by atoms with E-state index in [-0.39, 0.29) is 30.7 Å². The molecule has 2 aromatic carbocycles. The smallest absolute Gasteiger partial charge is 0.385 e. The Bertz CT molecular complexity index is 1650. The molecule has 3 atom stereocenters. The molecular weight excluding hydrogens is 622 g/mol. The number of rotatable bonds is 8. The summed E-state index contributed by atoms with van der Waals surface area (Å²) in [5, 5.41) is 13.5. The van der Waals surface area contributed by atoms with Crippen LogP contribution in [0.2, 0.25) is 0 Å². The minimum atomic E-state index is -5.56. The first-order valence-corrected chi connectivity index (χ1v) is 15.1. The van der Waals surface area contributed by atoms with Crippen LogP contribution in [-0.2, 0) is 16.4 Å². The van der Waals surface area contributed by atoms with Crippen LogP contribution in [0.3, 0.4) is 0 Å². The second kappa shape index (κ2) is 11.2. The Hall–Kier alpha value is -3.43. The summed E-state index contributed by atoms with van der Waals surface area (Å²) in [6, 6.07) is 5.40. The molecule has 5 rings (SSSR count). The zero-order valence-electron chi connectivity index (χ0n) is 23.0. The quantitative estimate of drug-likeness (QED) is 0.295. The van der Waals surface area contributed by atoms with E-state index < -0.39 is 57.0 Å². The minimum absolute atomic E-state index is 0.169.